The molecule has 0 spiro atoms. The van der Waals surface area contributed by atoms with E-state index < -0.39 is 35.0 Å². The van der Waals surface area contributed by atoms with E-state index in [9.17, 15) is 23.2 Å². The molecule has 40 heavy (non-hydrogen) atoms. The summed E-state index contributed by atoms with van der Waals surface area (Å²) in [6, 6.07) is -0.738. The molecule has 4 aliphatic rings. The molecule has 3 aliphatic heterocycles. The minimum atomic E-state index is -2.55. The second kappa shape index (κ2) is 9.54. The molecular weight excluding hydrogens is 544 g/mol. The summed E-state index contributed by atoms with van der Waals surface area (Å²) >= 11 is 1.43. The Morgan fingerprint density at radius 3 is 2.65 bits per heavy atom. The zero-order valence-corrected chi connectivity index (χ0v) is 22.8. The first-order valence-electron chi connectivity index (χ1n) is 12.7. The molecule has 6 rings (SSSR count). The summed E-state index contributed by atoms with van der Waals surface area (Å²) in [6.45, 7) is 3.96. The number of fused-ring (bicyclic) bond motifs is 2. The maximum Gasteiger partial charge on any atom is 0.333 e. The van der Waals surface area contributed by atoms with Crippen LogP contribution in [-0.4, -0.2) is 56.7 Å². The number of aromatic nitrogens is 4. The average molecular weight is 572 g/mol. The Morgan fingerprint density at radius 2 is 1.98 bits per heavy atom. The normalized spacial score (nSPS) is 24.2. The van der Waals surface area contributed by atoms with Gasteiger partial charge in [-0.15, -0.1) is 17.7 Å². The minimum absolute atomic E-state index is 0.0428. The second-order valence-electron chi connectivity index (χ2n) is 10.1. The van der Waals surface area contributed by atoms with E-state index in [-0.39, 0.29) is 43.3 Å². The lowest BCUT2D eigenvalue weighted by molar-refractivity contribution is -0.121. The van der Waals surface area contributed by atoms with Gasteiger partial charge in [-0.05, 0) is 13.8 Å². The van der Waals surface area contributed by atoms with Crippen LogP contribution in [-0.2, 0) is 18.4 Å². The van der Waals surface area contributed by atoms with Gasteiger partial charge >= 0.3 is 5.69 Å². The Balaban J connectivity index is 1.09. The second-order valence-corrected chi connectivity index (χ2v) is 11.1. The molecule has 2 fully saturated rings. The van der Waals surface area contributed by atoms with Crippen molar-refractivity contribution in [3.05, 3.63) is 50.0 Å². The van der Waals surface area contributed by atoms with Crippen LogP contribution in [0.5, 0.6) is 0 Å². The Labute approximate surface area is 231 Å². The number of amides is 1. The Hall–Kier alpha value is -4.06. The van der Waals surface area contributed by atoms with Gasteiger partial charge in [-0.3, -0.25) is 14.2 Å². The first-order chi connectivity index (χ1) is 19.1. The van der Waals surface area contributed by atoms with Crippen LogP contribution in [0, 0.1) is 23.7 Å². The van der Waals surface area contributed by atoms with Crippen molar-refractivity contribution in [2.45, 2.75) is 37.7 Å². The number of hydrogen-bond acceptors (Lipinski definition) is 10. The minimum Gasteiger partial charge on any atom is -0.355 e. The third-order valence-corrected chi connectivity index (χ3v) is 8.83. The smallest absolute Gasteiger partial charge is 0.333 e. The molecule has 4 atom stereocenters. The molecule has 2 aromatic rings. The first-order valence-corrected chi connectivity index (χ1v) is 13.7. The molecule has 15 heteroatoms. The highest BCUT2D eigenvalue weighted by Crippen LogP contribution is 2.59. The number of halogens is 2. The summed E-state index contributed by atoms with van der Waals surface area (Å²) in [6.07, 6.45) is 3.31. The predicted molar refractivity (Wildman–Crippen MR) is 146 cm³/mol. The number of rotatable bonds is 6. The monoisotopic (exact) mass is 571 g/mol. The third kappa shape index (κ3) is 4.17. The van der Waals surface area contributed by atoms with Crippen LogP contribution in [0.15, 0.2) is 33.2 Å². The van der Waals surface area contributed by atoms with Gasteiger partial charge < -0.3 is 25.8 Å². The molecule has 0 aromatic carbocycles. The lowest BCUT2D eigenvalue weighted by Crippen LogP contribution is -2.48. The van der Waals surface area contributed by atoms with E-state index in [2.05, 4.69) is 37.8 Å². The number of nitrogens with zero attached hydrogens (tertiary/aromatic N) is 6. The number of thioether (sulfide) groups is 1. The molecule has 3 unspecified atom stereocenters. The number of carbonyl (C=O) groups is 1. The van der Waals surface area contributed by atoms with Gasteiger partial charge in [0.05, 0.1) is 25.0 Å². The molecule has 5 heterocycles. The topological polar surface area (TPSA) is 129 Å². The quantitative estimate of drug-likeness (QED) is 0.424. The van der Waals surface area contributed by atoms with E-state index >= 15 is 0 Å². The Morgan fingerprint density at radius 1 is 1.27 bits per heavy atom. The molecular formula is C25H27F2N9O3S. The number of hydrogen-bond donors (Lipinski definition) is 3. The first kappa shape index (κ1) is 26.2. The van der Waals surface area contributed by atoms with Gasteiger partial charge in [0, 0.05) is 43.5 Å². The highest BCUT2D eigenvalue weighted by Gasteiger charge is 2.72. The van der Waals surface area contributed by atoms with Crippen molar-refractivity contribution >= 4 is 35.1 Å². The molecule has 12 nitrogen and oxygen atoms in total. The highest BCUT2D eigenvalue weighted by molar-refractivity contribution is 8.02. The van der Waals surface area contributed by atoms with E-state index in [0.29, 0.717) is 17.6 Å². The van der Waals surface area contributed by atoms with Crippen molar-refractivity contribution in [2.75, 3.05) is 34.9 Å². The fraction of sp³-hybridized carbons (Fsp3) is 0.480. The van der Waals surface area contributed by atoms with Crippen LogP contribution >= 0.6 is 11.8 Å². The van der Waals surface area contributed by atoms with Gasteiger partial charge in [0.25, 0.3) is 11.5 Å². The molecule has 0 radical (unpaired) electrons. The van der Waals surface area contributed by atoms with Gasteiger partial charge in [-0.1, -0.05) is 5.92 Å². The van der Waals surface area contributed by atoms with E-state index in [4.69, 9.17) is 0 Å². The summed E-state index contributed by atoms with van der Waals surface area (Å²) in [7, 11) is 1.56. The average Bonchev–Trinajstić information content (AvgIpc) is 3.53. The summed E-state index contributed by atoms with van der Waals surface area (Å²) < 4.78 is 29.4. The number of alkyl halides is 2. The van der Waals surface area contributed by atoms with Gasteiger partial charge in [0.2, 0.25) is 11.9 Å². The van der Waals surface area contributed by atoms with Crippen molar-refractivity contribution in [3.8, 4) is 11.8 Å². The van der Waals surface area contributed by atoms with Gasteiger partial charge in [-0.2, -0.15) is 0 Å². The fourth-order valence-electron chi connectivity index (χ4n) is 5.33. The molecule has 1 saturated carbocycles. The van der Waals surface area contributed by atoms with E-state index in [0.717, 1.165) is 10.1 Å². The molecule has 2 aromatic heterocycles. The van der Waals surface area contributed by atoms with Crippen molar-refractivity contribution in [1.82, 2.24) is 29.7 Å². The van der Waals surface area contributed by atoms with E-state index in [1.54, 1.807) is 48.5 Å². The Bertz CT molecular complexity index is 1580. The predicted octanol–water partition coefficient (Wildman–Crippen LogP) is 0.590. The zero-order valence-electron chi connectivity index (χ0n) is 21.9. The summed E-state index contributed by atoms with van der Waals surface area (Å²) in [5.41, 5.74) is 0.00482. The maximum absolute atomic E-state index is 13.5. The number of nitrogens with one attached hydrogen (secondary N) is 3. The Kier molecular flexibility index (Phi) is 6.25. The van der Waals surface area contributed by atoms with E-state index in [1.165, 1.54) is 16.3 Å². The zero-order chi connectivity index (χ0) is 28.3. The molecule has 1 saturated heterocycles. The van der Waals surface area contributed by atoms with Crippen molar-refractivity contribution in [2.24, 2.45) is 18.9 Å². The molecule has 3 N–H and O–H groups in total. The molecule has 1 amide bonds. The molecule has 0 bridgehead atoms. The molecule has 210 valence electrons. The van der Waals surface area contributed by atoms with Crippen LogP contribution in [0.25, 0.3) is 0 Å². The van der Waals surface area contributed by atoms with Crippen LogP contribution in [0.4, 0.5) is 26.2 Å². The van der Waals surface area contributed by atoms with Gasteiger partial charge in [-0.25, -0.2) is 28.1 Å². The van der Waals surface area contributed by atoms with Crippen molar-refractivity contribution in [3.63, 3.8) is 0 Å². The van der Waals surface area contributed by atoms with Crippen LogP contribution in [0.3, 0.4) is 0 Å². The fourth-order valence-corrected chi connectivity index (χ4v) is 6.21. The van der Waals surface area contributed by atoms with Crippen LogP contribution in [0.2, 0.25) is 0 Å². The largest absolute Gasteiger partial charge is 0.355 e. The number of carbonyl (C=O) groups excluding carboxylic acids is 1. The summed E-state index contributed by atoms with van der Waals surface area (Å²) in [5, 5.41) is 10.6. The standard InChI is InChI=1S/C25H27F2N9O3S/c1-4-5-6-35-22(38)18-19(33(3)24(35)39)30-12-36(18)13(2)20(37)31-17-11-40-21(32-17)14-7-28-23(29-8-14)34-9-15-16(10-34)25(15,26)27/h7-8,11,13,15-16,21,30,32H,6,9-10,12H2,1-3H3,(H,31,37)/t13-,15?,16?,21?/m0/s1. The number of piperidine rings is 1. The van der Waals surface area contributed by atoms with Gasteiger partial charge in [0.15, 0.2) is 0 Å². The summed E-state index contributed by atoms with van der Waals surface area (Å²) in [4.78, 5) is 51.1. The van der Waals surface area contributed by atoms with Crippen LogP contribution < -0.4 is 37.0 Å². The lowest BCUT2D eigenvalue weighted by atomic mass is 10.2. The number of anilines is 3. The lowest BCUT2D eigenvalue weighted by Gasteiger charge is -2.25. The highest BCUT2D eigenvalue weighted by atomic mass is 32.2. The summed E-state index contributed by atoms with van der Waals surface area (Å²) in [5.74, 6) is 2.60. The van der Waals surface area contributed by atoms with Crippen molar-refractivity contribution in [1.29, 1.82) is 0 Å². The molecule has 1 aliphatic carbocycles. The van der Waals surface area contributed by atoms with Crippen LogP contribution in [0.1, 0.15) is 24.8 Å². The maximum atomic E-state index is 13.5. The van der Waals surface area contributed by atoms with E-state index in [1.807, 2.05) is 0 Å². The van der Waals surface area contributed by atoms with Crippen molar-refractivity contribution < 1.29 is 13.6 Å². The SMILES string of the molecule is CC#CCn1c(=O)c2c(n(C)c1=O)NCN2[C@@H](C)C(=O)NC1=CSC(c2cnc(N3CC4C(C3)C4(F)F)nc2)N1. The third-order valence-electron chi connectivity index (χ3n) is 7.80. The van der Waals surface area contributed by atoms with Gasteiger partial charge in [0.1, 0.15) is 28.7 Å².